The molecule has 1 heterocycles. The molecule has 0 saturated carbocycles. The van der Waals surface area contributed by atoms with Crippen molar-refractivity contribution in [1.29, 1.82) is 0 Å². The zero-order valence-electron chi connectivity index (χ0n) is 20.4. The van der Waals surface area contributed by atoms with Crippen LogP contribution in [0.3, 0.4) is 0 Å². The van der Waals surface area contributed by atoms with E-state index in [1.165, 1.54) is 55.2 Å². The van der Waals surface area contributed by atoms with Crippen LogP contribution in [-0.2, 0) is 6.67 Å². The molecule has 3 heteroatoms. The number of aryl methyl sites for hydroxylation is 1. The standard InChI is InChI=1S/C32H29N3/c1-23-19-20-31(34(3)30-18-10-14-24-11-4-7-15-27(24)30)35(23)22-33(2)32-28-16-8-5-12-25(28)21-26-13-6-9-17-29(26)32/h4-21H,22H2,1-3H3. The summed E-state index contributed by atoms with van der Waals surface area (Å²) in [5.41, 5.74) is 3.72. The van der Waals surface area contributed by atoms with Gasteiger partial charge in [-0.1, -0.05) is 84.9 Å². The summed E-state index contributed by atoms with van der Waals surface area (Å²) in [7, 11) is 4.37. The topological polar surface area (TPSA) is 11.4 Å². The number of nitrogens with zero attached hydrogens (tertiary/aromatic N) is 3. The van der Waals surface area contributed by atoms with E-state index >= 15 is 0 Å². The Morgan fingerprint density at radius 1 is 0.600 bits per heavy atom. The minimum absolute atomic E-state index is 0.751. The summed E-state index contributed by atoms with van der Waals surface area (Å²) in [5.74, 6) is 1.18. The van der Waals surface area contributed by atoms with Crippen LogP contribution in [-0.4, -0.2) is 18.7 Å². The molecule has 0 bridgehead atoms. The predicted octanol–water partition coefficient (Wildman–Crippen LogP) is 8.12. The molecule has 0 aliphatic rings. The van der Waals surface area contributed by atoms with Crippen LogP contribution in [0.5, 0.6) is 0 Å². The molecule has 0 amide bonds. The molecule has 1 aromatic heterocycles. The number of anilines is 3. The highest BCUT2D eigenvalue weighted by atomic mass is 15.3. The maximum atomic E-state index is 2.40. The number of hydrogen-bond acceptors (Lipinski definition) is 2. The molecule has 5 aromatic carbocycles. The zero-order chi connectivity index (χ0) is 23.9. The van der Waals surface area contributed by atoms with Gasteiger partial charge in [0.05, 0.1) is 12.4 Å². The van der Waals surface area contributed by atoms with Gasteiger partial charge in [-0.2, -0.15) is 0 Å². The molecule has 0 radical (unpaired) electrons. The molecule has 0 aliphatic heterocycles. The third-order valence-corrected chi connectivity index (χ3v) is 7.13. The SMILES string of the molecule is Cc1ccc(N(C)c2cccc3ccccc23)n1CN(C)c1c2ccccc2cc2ccccc12. The van der Waals surface area contributed by atoms with Crippen LogP contribution >= 0.6 is 0 Å². The molecule has 0 atom stereocenters. The van der Waals surface area contributed by atoms with Crippen LogP contribution in [0.15, 0.2) is 109 Å². The van der Waals surface area contributed by atoms with Crippen molar-refractivity contribution in [2.75, 3.05) is 23.9 Å². The lowest BCUT2D eigenvalue weighted by atomic mass is 10.0. The van der Waals surface area contributed by atoms with E-state index in [9.17, 15) is 0 Å². The van der Waals surface area contributed by atoms with Crippen molar-refractivity contribution in [3.63, 3.8) is 0 Å². The van der Waals surface area contributed by atoms with E-state index in [0.717, 1.165) is 6.67 Å². The van der Waals surface area contributed by atoms with Crippen molar-refractivity contribution in [2.45, 2.75) is 13.6 Å². The van der Waals surface area contributed by atoms with Crippen LogP contribution in [0.25, 0.3) is 32.3 Å². The maximum Gasteiger partial charge on any atom is 0.114 e. The van der Waals surface area contributed by atoms with Gasteiger partial charge in [0.25, 0.3) is 0 Å². The van der Waals surface area contributed by atoms with E-state index in [1.807, 2.05) is 0 Å². The van der Waals surface area contributed by atoms with E-state index in [-0.39, 0.29) is 0 Å². The van der Waals surface area contributed by atoms with E-state index in [2.05, 4.69) is 145 Å². The van der Waals surface area contributed by atoms with E-state index in [1.54, 1.807) is 0 Å². The molecule has 0 spiro atoms. The lowest BCUT2D eigenvalue weighted by Gasteiger charge is -2.29. The summed E-state index contributed by atoms with van der Waals surface area (Å²) in [5, 5.41) is 7.61. The number of fused-ring (bicyclic) bond motifs is 3. The maximum absolute atomic E-state index is 2.40. The van der Waals surface area contributed by atoms with Crippen molar-refractivity contribution >= 4 is 49.5 Å². The summed E-state index contributed by atoms with van der Waals surface area (Å²) in [4.78, 5) is 4.70. The minimum Gasteiger partial charge on any atom is -0.356 e. The van der Waals surface area contributed by atoms with Gasteiger partial charge in [-0.3, -0.25) is 0 Å². The monoisotopic (exact) mass is 455 g/mol. The van der Waals surface area contributed by atoms with Gasteiger partial charge in [-0.15, -0.1) is 0 Å². The quantitative estimate of drug-likeness (QED) is 0.243. The van der Waals surface area contributed by atoms with Gasteiger partial charge < -0.3 is 14.4 Å². The van der Waals surface area contributed by atoms with Gasteiger partial charge in [-0.05, 0) is 47.3 Å². The van der Waals surface area contributed by atoms with Crippen LogP contribution in [0, 0.1) is 6.92 Å². The fourth-order valence-corrected chi connectivity index (χ4v) is 5.34. The second-order valence-electron chi connectivity index (χ2n) is 9.33. The second kappa shape index (κ2) is 8.52. The van der Waals surface area contributed by atoms with E-state index < -0.39 is 0 Å². The fraction of sp³-hybridized carbons (Fsp3) is 0.125. The Hall–Kier alpha value is -4.24. The van der Waals surface area contributed by atoms with Gasteiger partial charge in [0.1, 0.15) is 5.82 Å². The average molecular weight is 456 g/mol. The van der Waals surface area contributed by atoms with Gasteiger partial charge in [0.2, 0.25) is 0 Å². The first kappa shape index (κ1) is 21.3. The molecule has 35 heavy (non-hydrogen) atoms. The molecule has 0 unspecified atom stereocenters. The van der Waals surface area contributed by atoms with Crippen molar-refractivity contribution in [1.82, 2.24) is 4.57 Å². The lowest BCUT2D eigenvalue weighted by Crippen LogP contribution is -2.25. The average Bonchev–Trinajstić information content (AvgIpc) is 3.26. The highest BCUT2D eigenvalue weighted by molar-refractivity contribution is 6.11. The molecule has 6 rings (SSSR count). The first-order chi connectivity index (χ1) is 17.1. The molecule has 0 fully saturated rings. The Labute approximate surface area is 206 Å². The van der Waals surface area contributed by atoms with Gasteiger partial charge >= 0.3 is 0 Å². The van der Waals surface area contributed by atoms with Crippen LogP contribution < -0.4 is 9.80 Å². The molecule has 0 aliphatic carbocycles. The summed E-state index contributed by atoms with van der Waals surface area (Å²) in [6.45, 7) is 2.94. The summed E-state index contributed by atoms with van der Waals surface area (Å²) in [6.07, 6.45) is 0. The highest BCUT2D eigenvalue weighted by Crippen LogP contribution is 2.37. The number of hydrogen-bond donors (Lipinski definition) is 0. The van der Waals surface area contributed by atoms with Crippen LogP contribution in [0.4, 0.5) is 17.2 Å². The normalized spacial score (nSPS) is 11.4. The van der Waals surface area contributed by atoms with Crippen LogP contribution in [0.1, 0.15) is 5.69 Å². The highest BCUT2D eigenvalue weighted by Gasteiger charge is 2.17. The molecule has 6 aromatic rings. The first-order valence-electron chi connectivity index (χ1n) is 12.1. The van der Waals surface area contributed by atoms with Crippen molar-refractivity contribution in [2.24, 2.45) is 0 Å². The third kappa shape index (κ3) is 3.60. The van der Waals surface area contributed by atoms with Crippen LogP contribution in [0.2, 0.25) is 0 Å². The molecule has 0 saturated heterocycles. The fourth-order valence-electron chi connectivity index (χ4n) is 5.34. The molecular weight excluding hydrogens is 426 g/mol. The van der Waals surface area contributed by atoms with E-state index in [4.69, 9.17) is 0 Å². The van der Waals surface area contributed by atoms with E-state index in [0.29, 0.717) is 0 Å². The Kier molecular flexibility index (Phi) is 5.18. The number of aromatic nitrogens is 1. The predicted molar refractivity (Wildman–Crippen MR) is 151 cm³/mol. The smallest absolute Gasteiger partial charge is 0.114 e. The number of benzene rings is 5. The second-order valence-corrected chi connectivity index (χ2v) is 9.33. The minimum atomic E-state index is 0.751. The van der Waals surface area contributed by atoms with Crippen molar-refractivity contribution < 1.29 is 0 Å². The summed E-state index contributed by atoms with van der Waals surface area (Å²) < 4.78 is 2.40. The van der Waals surface area contributed by atoms with Gasteiger partial charge in [-0.25, -0.2) is 0 Å². The number of rotatable bonds is 5. The molecule has 3 nitrogen and oxygen atoms in total. The Morgan fingerprint density at radius 3 is 1.86 bits per heavy atom. The lowest BCUT2D eigenvalue weighted by molar-refractivity contribution is 0.673. The molecular formula is C32H29N3. The Bertz CT molecular complexity index is 1620. The summed E-state index contributed by atoms with van der Waals surface area (Å²) in [6, 6.07) is 39.2. The largest absolute Gasteiger partial charge is 0.356 e. The summed E-state index contributed by atoms with van der Waals surface area (Å²) >= 11 is 0. The van der Waals surface area contributed by atoms with Gasteiger partial charge in [0, 0.05) is 41.6 Å². The van der Waals surface area contributed by atoms with Gasteiger partial charge in [0.15, 0.2) is 0 Å². The van der Waals surface area contributed by atoms with Crippen molar-refractivity contribution in [3.8, 4) is 0 Å². The van der Waals surface area contributed by atoms with Crippen molar-refractivity contribution in [3.05, 3.63) is 115 Å². The first-order valence-corrected chi connectivity index (χ1v) is 12.1. The zero-order valence-corrected chi connectivity index (χ0v) is 20.4. The molecule has 172 valence electrons. The molecule has 0 N–H and O–H groups in total. The third-order valence-electron chi connectivity index (χ3n) is 7.13. The Morgan fingerprint density at radius 2 is 1.17 bits per heavy atom. The Balaban J connectivity index is 1.45.